The van der Waals surface area contributed by atoms with Crippen LogP contribution in [0.4, 0.5) is 5.69 Å². The third-order valence-electron chi connectivity index (χ3n) is 4.05. The molecule has 3 rings (SSSR count). The number of hydrogen-bond donors (Lipinski definition) is 3. The Kier molecular flexibility index (Phi) is 6.26. The average molecular weight is 357 g/mol. The van der Waals surface area contributed by atoms with Crippen LogP contribution in [-0.2, 0) is 6.61 Å². The van der Waals surface area contributed by atoms with E-state index < -0.39 is 0 Å². The second kappa shape index (κ2) is 9.25. The van der Waals surface area contributed by atoms with Gasteiger partial charge in [0.1, 0.15) is 18.2 Å². The van der Waals surface area contributed by atoms with Crippen LogP contribution in [0.15, 0.2) is 84.9 Å². The summed E-state index contributed by atoms with van der Waals surface area (Å²) in [5.74, 6) is 0.807. The molecule has 3 aromatic carbocycles. The Labute approximate surface area is 159 Å². The molecule has 0 aliphatic rings. The van der Waals surface area contributed by atoms with Crippen molar-refractivity contribution < 1.29 is 4.74 Å². The number of para-hydroxylation sites is 1. The molecule has 3 aromatic rings. The highest BCUT2D eigenvalue weighted by atomic mass is 16.5. The number of nitrogen functional groups attached to an aromatic ring is 1. The zero-order valence-corrected chi connectivity index (χ0v) is 15.1. The molecule has 0 aliphatic carbocycles. The fraction of sp³-hybridized carbons (Fsp3) is 0.0870. The van der Waals surface area contributed by atoms with Crippen molar-refractivity contribution in [1.29, 1.82) is 5.41 Å². The lowest BCUT2D eigenvalue weighted by Crippen LogP contribution is -2.11. The van der Waals surface area contributed by atoms with Crippen molar-refractivity contribution in [2.45, 2.75) is 6.61 Å². The van der Waals surface area contributed by atoms with Crippen LogP contribution in [0.2, 0.25) is 0 Å². The number of benzene rings is 3. The number of amidine groups is 1. The zero-order valence-electron chi connectivity index (χ0n) is 15.1. The molecular weight excluding hydrogens is 334 g/mol. The number of nitrogens with one attached hydrogen (secondary N) is 2. The van der Waals surface area contributed by atoms with Crippen molar-refractivity contribution in [2.24, 2.45) is 5.73 Å². The Morgan fingerprint density at radius 1 is 0.963 bits per heavy atom. The largest absolute Gasteiger partial charge is 0.488 e. The lowest BCUT2D eigenvalue weighted by Gasteiger charge is -2.11. The Hall–Kier alpha value is -3.53. The Balaban J connectivity index is 1.71. The van der Waals surface area contributed by atoms with Crippen LogP contribution in [0.1, 0.15) is 16.7 Å². The van der Waals surface area contributed by atoms with Crippen LogP contribution < -0.4 is 15.8 Å². The minimum absolute atomic E-state index is 0.0432. The molecule has 4 heteroatoms. The predicted molar refractivity (Wildman–Crippen MR) is 112 cm³/mol. The van der Waals surface area contributed by atoms with E-state index in [4.69, 9.17) is 15.9 Å². The van der Waals surface area contributed by atoms with E-state index in [1.807, 2.05) is 91.0 Å². The molecule has 0 spiro atoms. The zero-order chi connectivity index (χ0) is 18.9. The molecule has 4 N–H and O–H groups in total. The van der Waals surface area contributed by atoms with Crippen LogP contribution in [0.25, 0.3) is 6.08 Å². The van der Waals surface area contributed by atoms with Gasteiger partial charge in [0.2, 0.25) is 0 Å². The van der Waals surface area contributed by atoms with Crippen LogP contribution in [0.3, 0.4) is 0 Å². The topological polar surface area (TPSA) is 71.1 Å². The summed E-state index contributed by atoms with van der Waals surface area (Å²) in [6.45, 7) is 1.18. The normalized spacial score (nSPS) is 10.7. The van der Waals surface area contributed by atoms with Gasteiger partial charge in [-0.1, -0.05) is 60.7 Å². The van der Waals surface area contributed by atoms with Gasteiger partial charge in [-0.3, -0.25) is 5.41 Å². The van der Waals surface area contributed by atoms with Crippen LogP contribution in [0.5, 0.6) is 5.75 Å². The van der Waals surface area contributed by atoms with Gasteiger partial charge in [-0.15, -0.1) is 0 Å². The van der Waals surface area contributed by atoms with E-state index in [1.54, 1.807) is 0 Å². The summed E-state index contributed by atoms with van der Waals surface area (Å²) in [6, 6.07) is 25.6. The molecular formula is C23H23N3O. The number of ether oxygens (including phenoxy) is 1. The van der Waals surface area contributed by atoms with Crippen molar-refractivity contribution in [2.75, 3.05) is 11.9 Å². The fourth-order valence-electron chi connectivity index (χ4n) is 2.63. The Morgan fingerprint density at radius 3 is 2.37 bits per heavy atom. The minimum atomic E-state index is 0.0432. The first-order valence-corrected chi connectivity index (χ1v) is 8.83. The summed E-state index contributed by atoms with van der Waals surface area (Å²) >= 11 is 0. The maximum atomic E-state index is 7.67. The summed E-state index contributed by atoms with van der Waals surface area (Å²) in [6.07, 6.45) is 4.02. The molecule has 0 unspecified atom stereocenters. The fourth-order valence-corrected chi connectivity index (χ4v) is 2.63. The lowest BCUT2D eigenvalue weighted by atomic mass is 10.1. The van der Waals surface area contributed by atoms with Gasteiger partial charge in [0.05, 0.1) is 0 Å². The molecule has 0 aliphatic heterocycles. The predicted octanol–water partition coefficient (Wildman–Crippen LogP) is 4.67. The molecule has 0 saturated carbocycles. The maximum absolute atomic E-state index is 7.67. The summed E-state index contributed by atoms with van der Waals surface area (Å²) in [7, 11) is 0. The molecule has 0 heterocycles. The second-order valence-electron chi connectivity index (χ2n) is 6.09. The summed E-state index contributed by atoms with van der Waals surface area (Å²) < 4.78 is 5.99. The molecule has 27 heavy (non-hydrogen) atoms. The van der Waals surface area contributed by atoms with Gasteiger partial charge in [-0.2, -0.15) is 0 Å². The van der Waals surface area contributed by atoms with Gasteiger partial charge < -0.3 is 15.8 Å². The van der Waals surface area contributed by atoms with Crippen molar-refractivity contribution in [3.63, 3.8) is 0 Å². The van der Waals surface area contributed by atoms with Gasteiger partial charge in [0.15, 0.2) is 0 Å². The lowest BCUT2D eigenvalue weighted by molar-refractivity contribution is 0.305. The number of rotatable bonds is 8. The van der Waals surface area contributed by atoms with E-state index in [1.165, 1.54) is 0 Å². The molecule has 0 fully saturated rings. The first-order valence-electron chi connectivity index (χ1n) is 8.83. The summed E-state index contributed by atoms with van der Waals surface area (Å²) in [4.78, 5) is 0. The SMILES string of the molecule is N=C(N)c1ccc(OCc2ccccc2)c(C=CCNc2ccccc2)c1. The van der Waals surface area contributed by atoms with Crippen molar-refractivity contribution in [1.82, 2.24) is 0 Å². The maximum Gasteiger partial charge on any atom is 0.127 e. The van der Waals surface area contributed by atoms with Crippen LogP contribution in [-0.4, -0.2) is 12.4 Å². The quantitative estimate of drug-likeness (QED) is 0.405. The Bertz CT molecular complexity index is 905. The molecule has 0 aromatic heterocycles. The van der Waals surface area contributed by atoms with E-state index in [0.717, 1.165) is 22.6 Å². The monoisotopic (exact) mass is 357 g/mol. The molecule has 136 valence electrons. The van der Waals surface area contributed by atoms with Gasteiger partial charge in [-0.05, 0) is 35.9 Å². The van der Waals surface area contributed by atoms with Gasteiger partial charge in [0.25, 0.3) is 0 Å². The third-order valence-corrected chi connectivity index (χ3v) is 4.05. The van der Waals surface area contributed by atoms with E-state index >= 15 is 0 Å². The Morgan fingerprint density at radius 2 is 1.67 bits per heavy atom. The second-order valence-corrected chi connectivity index (χ2v) is 6.09. The summed E-state index contributed by atoms with van der Waals surface area (Å²) in [5, 5.41) is 11.0. The van der Waals surface area contributed by atoms with Crippen molar-refractivity contribution in [3.8, 4) is 5.75 Å². The standard InChI is InChI=1S/C23H23N3O/c24-23(25)20-13-14-22(27-17-18-8-3-1-4-9-18)19(16-20)10-7-15-26-21-11-5-2-6-12-21/h1-14,16,26H,15,17H2,(H3,24,25). The highest BCUT2D eigenvalue weighted by molar-refractivity contribution is 5.95. The highest BCUT2D eigenvalue weighted by Crippen LogP contribution is 2.23. The van der Waals surface area contributed by atoms with Crippen LogP contribution >= 0.6 is 0 Å². The highest BCUT2D eigenvalue weighted by Gasteiger charge is 2.05. The van der Waals surface area contributed by atoms with Crippen molar-refractivity contribution >= 4 is 17.6 Å². The van der Waals surface area contributed by atoms with Gasteiger partial charge in [0, 0.05) is 23.4 Å². The van der Waals surface area contributed by atoms with Gasteiger partial charge >= 0.3 is 0 Å². The van der Waals surface area contributed by atoms with Gasteiger partial charge in [-0.25, -0.2) is 0 Å². The number of anilines is 1. The third kappa shape index (κ3) is 5.47. The molecule has 0 amide bonds. The first kappa shape index (κ1) is 18.3. The number of hydrogen-bond acceptors (Lipinski definition) is 3. The van der Waals surface area contributed by atoms with Crippen molar-refractivity contribution in [3.05, 3.63) is 102 Å². The van der Waals surface area contributed by atoms with E-state index in [0.29, 0.717) is 18.7 Å². The number of nitrogens with two attached hydrogens (primary N) is 1. The van der Waals surface area contributed by atoms with E-state index in [-0.39, 0.29) is 5.84 Å². The molecule has 0 bridgehead atoms. The smallest absolute Gasteiger partial charge is 0.127 e. The molecule has 4 nitrogen and oxygen atoms in total. The molecule has 0 saturated heterocycles. The molecule has 0 atom stereocenters. The van der Waals surface area contributed by atoms with E-state index in [9.17, 15) is 0 Å². The minimum Gasteiger partial charge on any atom is -0.488 e. The van der Waals surface area contributed by atoms with Crippen LogP contribution in [0, 0.1) is 5.41 Å². The molecule has 0 radical (unpaired) electrons. The van der Waals surface area contributed by atoms with E-state index in [2.05, 4.69) is 5.32 Å². The first-order chi connectivity index (χ1) is 13.2. The summed E-state index contributed by atoms with van der Waals surface area (Å²) in [5.41, 5.74) is 9.38. The average Bonchev–Trinajstić information content (AvgIpc) is 2.71.